The molecule has 0 aromatic heterocycles. The van der Waals surface area contributed by atoms with E-state index in [2.05, 4.69) is 45.1 Å². The number of fused-ring (bicyclic) bond motifs is 1. The van der Waals surface area contributed by atoms with Crippen LogP contribution in [0.25, 0.3) is 0 Å². The minimum Gasteiger partial charge on any atom is -1.00 e. The Balaban J connectivity index is 0. The summed E-state index contributed by atoms with van der Waals surface area (Å²) in [6, 6.07) is 0. The van der Waals surface area contributed by atoms with Gasteiger partial charge in [0.05, 0.1) is 0 Å². The Labute approximate surface area is 124 Å². The molecule has 0 saturated carbocycles. The molecule has 1 heterocycles. The van der Waals surface area contributed by atoms with Gasteiger partial charge in [-0.25, -0.2) is 0 Å². The normalized spacial score (nSPS) is 19.9. The zero-order chi connectivity index (χ0) is 9.84. The van der Waals surface area contributed by atoms with Gasteiger partial charge in [0.25, 0.3) is 0 Å². The molecule has 0 aromatic rings. The molecule has 15 heavy (non-hydrogen) atoms. The van der Waals surface area contributed by atoms with Crippen molar-refractivity contribution >= 4 is 15.0 Å². The van der Waals surface area contributed by atoms with Crippen LogP contribution in [0.1, 0.15) is 20.8 Å². The number of hydrogen-bond acceptors (Lipinski definition) is 1. The molecule has 0 amide bonds. The van der Waals surface area contributed by atoms with Crippen molar-refractivity contribution in [1.82, 2.24) is 0 Å². The third-order valence-electron chi connectivity index (χ3n) is 1.60. The van der Waals surface area contributed by atoms with Crippen LogP contribution in [0.2, 0.25) is 0 Å². The van der Waals surface area contributed by atoms with Crippen LogP contribution in [0.3, 0.4) is 0 Å². The first-order valence-corrected chi connectivity index (χ1v) is 6.40. The SMILES string of the molecule is CC1=CC2C=CC=C2S1.C[C](C)=[Zr+2].[Cl-].[Cl-]. The largest absolute Gasteiger partial charge is 1.00 e. The molecule has 0 saturated heterocycles. The van der Waals surface area contributed by atoms with Gasteiger partial charge in [0, 0.05) is 10.8 Å². The van der Waals surface area contributed by atoms with Gasteiger partial charge in [-0.3, -0.25) is 0 Å². The fraction of sp³-hybridized carbons (Fsp3) is 0.364. The average molecular weight is 340 g/mol. The zero-order valence-corrected chi connectivity index (χ0v) is 13.8. The van der Waals surface area contributed by atoms with Gasteiger partial charge >= 0.3 is 41.3 Å². The van der Waals surface area contributed by atoms with E-state index in [9.17, 15) is 0 Å². The molecule has 0 bridgehead atoms. The van der Waals surface area contributed by atoms with E-state index in [1.807, 2.05) is 11.8 Å². The van der Waals surface area contributed by atoms with E-state index in [1.54, 1.807) is 24.2 Å². The molecule has 0 spiro atoms. The van der Waals surface area contributed by atoms with Gasteiger partial charge in [-0.05, 0) is 11.8 Å². The number of allylic oxidation sites excluding steroid dienone is 6. The van der Waals surface area contributed by atoms with Crippen LogP contribution in [-0.4, -0.2) is 3.21 Å². The van der Waals surface area contributed by atoms with Crippen molar-refractivity contribution in [2.24, 2.45) is 5.92 Å². The first-order valence-electron chi connectivity index (χ1n) is 4.36. The maximum absolute atomic E-state index is 2.31. The van der Waals surface area contributed by atoms with Crippen molar-refractivity contribution in [2.75, 3.05) is 0 Å². The van der Waals surface area contributed by atoms with E-state index in [0.29, 0.717) is 5.92 Å². The van der Waals surface area contributed by atoms with Crippen molar-refractivity contribution in [3.8, 4) is 0 Å². The number of hydrogen-bond donors (Lipinski definition) is 0. The number of rotatable bonds is 0. The van der Waals surface area contributed by atoms with Gasteiger partial charge in [0.2, 0.25) is 0 Å². The second kappa shape index (κ2) is 8.99. The van der Waals surface area contributed by atoms with E-state index in [-0.39, 0.29) is 24.8 Å². The first kappa shape index (κ1) is 18.3. The molecule has 2 aliphatic rings. The summed E-state index contributed by atoms with van der Waals surface area (Å²) in [5, 5.41) is 0. The predicted octanol–water partition coefficient (Wildman–Crippen LogP) is -2.54. The van der Waals surface area contributed by atoms with Gasteiger partial charge in [-0.1, -0.05) is 36.1 Å². The van der Waals surface area contributed by atoms with Gasteiger partial charge in [-0.15, -0.1) is 0 Å². The molecule has 1 atom stereocenters. The summed E-state index contributed by atoms with van der Waals surface area (Å²) in [6.07, 6.45) is 8.87. The van der Waals surface area contributed by atoms with Crippen LogP contribution in [-0.2, 0) is 24.2 Å². The Bertz CT molecular complexity index is 302. The monoisotopic (exact) mass is 338 g/mol. The van der Waals surface area contributed by atoms with Crippen molar-refractivity contribution in [3.63, 3.8) is 0 Å². The minimum absolute atomic E-state index is 0. The molecule has 2 rings (SSSR count). The summed E-state index contributed by atoms with van der Waals surface area (Å²) >= 11 is 3.45. The van der Waals surface area contributed by atoms with Gasteiger partial charge in [0.1, 0.15) is 0 Å². The van der Waals surface area contributed by atoms with Crippen molar-refractivity contribution < 1.29 is 49.0 Å². The second-order valence-electron chi connectivity index (χ2n) is 3.36. The molecule has 1 aliphatic heterocycles. The predicted molar refractivity (Wildman–Crippen MR) is 58.4 cm³/mol. The van der Waals surface area contributed by atoms with E-state index in [1.165, 1.54) is 13.0 Å². The van der Waals surface area contributed by atoms with E-state index in [0.717, 1.165) is 0 Å². The summed E-state index contributed by atoms with van der Waals surface area (Å²) in [6.45, 7) is 6.41. The quantitative estimate of drug-likeness (QED) is 0.468. The fourth-order valence-electron chi connectivity index (χ4n) is 1.19. The molecule has 0 N–H and O–H groups in total. The fourth-order valence-corrected chi connectivity index (χ4v) is 2.20. The standard InChI is InChI=1S/C8H8S.C3H6.2ClH.Zr/c1-6-5-7-3-2-4-8(7)9-6;1-3-2;;;/h2-5,7H,1H3;1-2H3;2*1H;/q;;;;+2/p-2. The molecular formula is C11H14Cl2SZr. The molecule has 0 aromatic carbocycles. The van der Waals surface area contributed by atoms with Crippen LogP contribution in [0.5, 0.6) is 0 Å². The Morgan fingerprint density at radius 1 is 1.33 bits per heavy atom. The molecule has 0 radical (unpaired) electrons. The Morgan fingerprint density at radius 2 is 1.87 bits per heavy atom. The third kappa shape index (κ3) is 6.94. The smallest absolute Gasteiger partial charge is 1.00 e. The van der Waals surface area contributed by atoms with Crippen LogP contribution in [0, 0.1) is 5.92 Å². The molecule has 0 fully saturated rings. The molecule has 0 nitrogen and oxygen atoms in total. The third-order valence-corrected chi connectivity index (χ3v) is 2.70. The Morgan fingerprint density at radius 3 is 2.33 bits per heavy atom. The van der Waals surface area contributed by atoms with Crippen molar-refractivity contribution in [2.45, 2.75) is 20.8 Å². The van der Waals surface area contributed by atoms with Gasteiger partial charge in [-0.2, -0.15) is 0 Å². The molecular weight excluding hydrogens is 326 g/mol. The summed E-state index contributed by atoms with van der Waals surface area (Å²) < 4.78 is 1.51. The summed E-state index contributed by atoms with van der Waals surface area (Å²) in [5.41, 5.74) is 0. The molecule has 82 valence electrons. The Hall–Kier alpha value is 0.903. The maximum atomic E-state index is 2.31. The average Bonchev–Trinajstić information content (AvgIpc) is 2.43. The summed E-state index contributed by atoms with van der Waals surface area (Å²) in [7, 11) is 0. The van der Waals surface area contributed by atoms with Crippen LogP contribution in [0.4, 0.5) is 0 Å². The van der Waals surface area contributed by atoms with Crippen molar-refractivity contribution in [3.05, 3.63) is 34.1 Å². The van der Waals surface area contributed by atoms with Crippen LogP contribution >= 0.6 is 11.8 Å². The molecule has 1 aliphatic carbocycles. The topological polar surface area (TPSA) is 0 Å². The molecule has 1 unspecified atom stereocenters. The zero-order valence-electron chi connectivity index (χ0n) is 9.05. The summed E-state index contributed by atoms with van der Waals surface area (Å²) in [5.74, 6) is 0.634. The summed E-state index contributed by atoms with van der Waals surface area (Å²) in [4.78, 5) is 2.93. The van der Waals surface area contributed by atoms with E-state index < -0.39 is 0 Å². The van der Waals surface area contributed by atoms with Gasteiger partial charge in [0.15, 0.2) is 0 Å². The number of thioether (sulfide) groups is 1. The van der Waals surface area contributed by atoms with Gasteiger partial charge < -0.3 is 24.8 Å². The van der Waals surface area contributed by atoms with Crippen molar-refractivity contribution in [1.29, 1.82) is 0 Å². The van der Waals surface area contributed by atoms with Crippen LogP contribution in [0.15, 0.2) is 34.1 Å². The maximum Gasteiger partial charge on any atom is -1.00 e. The van der Waals surface area contributed by atoms with E-state index in [4.69, 9.17) is 0 Å². The number of halogens is 2. The second-order valence-corrected chi connectivity index (χ2v) is 7.14. The van der Waals surface area contributed by atoms with Crippen LogP contribution < -0.4 is 24.8 Å². The molecule has 4 heteroatoms. The van der Waals surface area contributed by atoms with E-state index >= 15 is 0 Å². The first-order chi connectivity index (χ1) is 6.09. The Kier molecular flexibility index (Phi) is 10.9. The minimum atomic E-state index is 0.